The van der Waals surface area contributed by atoms with E-state index in [2.05, 4.69) is 41.5 Å². The molecular weight excluding hydrogens is 1160 g/mol. The number of hydrogen-bond donors (Lipinski definition) is 3. The number of aliphatic hydroxyl groups excluding tert-OH is 1. The fourth-order valence-corrected chi connectivity index (χ4v) is 12.0. The lowest BCUT2D eigenvalue weighted by atomic mass is 9.99. The van der Waals surface area contributed by atoms with Gasteiger partial charge >= 0.3 is 39.5 Å². The average Bonchev–Trinajstić information content (AvgIpc) is 3.59. The molecule has 522 valence electrons. The van der Waals surface area contributed by atoms with Gasteiger partial charge in [0.2, 0.25) is 0 Å². The number of carbonyl (C=O) groups is 4. The van der Waals surface area contributed by atoms with E-state index in [0.29, 0.717) is 25.7 Å². The number of hydrogen-bond acceptors (Lipinski definition) is 15. The van der Waals surface area contributed by atoms with Crippen LogP contribution in [0.15, 0.2) is 0 Å². The molecule has 6 atom stereocenters. The molecule has 0 fully saturated rings. The molecule has 17 nitrogen and oxygen atoms in total. The molecule has 88 heavy (non-hydrogen) atoms. The van der Waals surface area contributed by atoms with Gasteiger partial charge in [-0.15, -0.1) is 0 Å². The van der Waals surface area contributed by atoms with Crippen LogP contribution in [0.2, 0.25) is 0 Å². The van der Waals surface area contributed by atoms with E-state index in [-0.39, 0.29) is 25.7 Å². The Balaban J connectivity index is 5.26. The minimum absolute atomic E-state index is 0.106. The third-order valence-electron chi connectivity index (χ3n) is 16.3. The number of unbranched alkanes of at least 4 members (excludes halogenated alkanes) is 37. The number of esters is 4. The third-order valence-corrected chi connectivity index (χ3v) is 18.2. The van der Waals surface area contributed by atoms with Crippen molar-refractivity contribution in [3.63, 3.8) is 0 Å². The summed E-state index contributed by atoms with van der Waals surface area (Å²) in [7, 11) is -9.90. The van der Waals surface area contributed by atoms with Gasteiger partial charge in [-0.25, -0.2) is 9.13 Å². The molecule has 0 aliphatic carbocycles. The van der Waals surface area contributed by atoms with Crippen LogP contribution >= 0.6 is 15.6 Å². The number of phosphoric ester groups is 2. The highest BCUT2D eigenvalue weighted by Gasteiger charge is 2.30. The second-order valence-corrected chi connectivity index (χ2v) is 28.5. The fourth-order valence-electron chi connectivity index (χ4n) is 10.4. The normalized spacial score (nSPS) is 14.5. The SMILES string of the molecule is CCCCCCCCCCCCCCC(=O)O[C@H](COC(=O)CCCCCCCCCCCC)COP(=O)(O)OC[C@H](O)COP(=O)(O)OC[C@@H](COC(=O)CCCCCCCCCCC(C)CC)OC(=O)CCCCCCCCCCCCCC(C)C. The van der Waals surface area contributed by atoms with E-state index >= 15 is 0 Å². The van der Waals surface area contributed by atoms with E-state index in [0.717, 1.165) is 102 Å². The molecule has 0 aromatic heterocycles. The van der Waals surface area contributed by atoms with Crippen LogP contribution in [-0.2, 0) is 65.4 Å². The largest absolute Gasteiger partial charge is 0.472 e. The standard InChI is InChI=1S/C69H134O17P2/c1-7-10-12-14-16-18-20-23-27-35-41-47-53-68(73)85-64(57-79-66(71)51-45-39-33-26-19-17-15-13-11-8-2)59-83-87(75,76)81-55-63(70)56-82-88(77,78)84-60-65(58-80-67(72)52-46-40-34-30-29-32-38-44-50-62(6)9-3)86-69(74)54-48-42-36-28-24-21-22-25-31-37-43-49-61(4)5/h61-65,70H,7-60H2,1-6H3,(H,75,76)(H,77,78)/t62?,63-,64+,65+/m0/s1. The molecule has 0 rings (SSSR count). The van der Waals surface area contributed by atoms with Crippen LogP contribution in [0.5, 0.6) is 0 Å². The fraction of sp³-hybridized carbons (Fsp3) is 0.942. The summed E-state index contributed by atoms with van der Waals surface area (Å²) in [4.78, 5) is 72.5. The zero-order valence-electron chi connectivity index (χ0n) is 57.0. The van der Waals surface area contributed by atoms with Gasteiger partial charge in [-0.05, 0) is 37.5 Å². The molecule has 3 N–H and O–H groups in total. The summed E-state index contributed by atoms with van der Waals surface area (Å²) in [6.07, 6.45) is 45.6. The van der Waals surface area contributed by atoms with Gasteiger partial charge in [0.05, 0.1) is 26.4 Å². The monoisotopic (exact) mass is 1300 g/mol. The minimum Gasteiger partial charge on any atom is -0.462 e. The van der Waals surface area contributed by atoms with E-state index in [1.54, 1.807) is 0 Å². The predicted octanol–water partition coefficient (Wildman–Crippen LogP) is 19.6. The third kappa shape index (κ3) is 61.6. The maximum absolute atomic E-state index is 13.0. The quantitative estimate of drug-likeness (QED) is 0.0222. The Hall–Kier alpha value is -1.94. The number of phosphoric acid groups is 2. The Bertz CT molecular complexity index is 1720. The van der Waals surface area contributed by atoms with Crippen LogP contribution in [0, 0.1) is 11.8 Å². The number of ether oxygens (including phenoxy) is 4. The van der Waals surface area contributed by atoms with Crippen LogP contribution in [0.4, 0.5) is 0 Å². The van der Waals surface area contributed by atoms with Gasteiger partial charge in [-0.2, -0.15) is 0 Å². The first-order valence-corrected chi connectivity index (χ1v) is 39.0. The topological polar surface area (TPSA) is 237 Å². The highest BCUT2D eigenvalue weighted by Crippen LogP contribution is 2.45. The van der Waals surface area contributed by atoms with Crippen LogP contribution in [0.1, 0.15) is 350 Å². The van der Waals surface area contributed by atoms with Crippen molar-refractivity contribution in [1.82, 2.24) is 0 Å². The van der Waals surface area contributed by atoms with Gasteiger partial charge in [0, 0.05) is 25.7 Å². The van der Waals surface area contributed by atoms with Gasteiger partial charge in [0.25, 0.3) is 0 Å². The van der Waals surface area contributed by atoms with Crippen molar-refractivity contribution in [2.45, 2.75) is 368 Å². The van der Waals surface area contributed by atoms with Crippen LogP contribution < -0.4 is 0 Å². The molecule has 0 heterocycles. The molecule has 0 aliphatic heterocycles. The van der Waals surface area contributed by atoms with Crippen molar-refractivity contribution in [3.05, 3.63) is 0 Å². The number of rotatable bonds is 68. The maximum Gasteiger partial charge on any atom is 0.472 e. The maximum atomic E-state index is 13.0. The first kappa shape index (κ1) is 86.1. The molecule has 19 heteroatoms. The van der Waals surface area contributed by atoms with Crippen LogP contribution in [0.25, 0.3) is 0 Å². The average molecular weight is 1300 g/mol. The van der Waals surface area contributed by atoms with E-state index in [1.165, 1.54) is 167 Å². The summed E-state index contributed by atoms with van der Waals surface area (Å²) in [5, 5.41) is 10.6. The van der Waals surface area contributed by atoms with Gasteiger partial charge in [0.1, 0.15) is 19.3 Å². The zero-order valence-corrected chi connectivity index (χ0v) is 58.8. The zero-order chi connectivity index (χ0) is 65.0. The predicted molar refractivity (Wildman–Crippen MR) is 354 cm³/mol. The van der Waals surface area contributed by atoms with Crippen molar-refractivity contribution in [3.8, 4) is 0 Å². The second kappa shape index (κ2) is 61.3. The van der Waals surface area contributed by atoms with Crippen LogP contribution in [-0.4, -0.2) is 96.7 Å². The molecule has 0 bridgehead atoms. The van der Waals surface area contributed by atoms with Crippen molar-refractivity contribution in [2.24, 2.45) is 11.8 Å². The summed E-state index contributed by atoms with van der Waals surface area (Å²) < 4.78 is 68.2. The molecule has 0 spiro atoms. The summed E-state index contributed by atoms with van der Waals surface area (Å²) in [5.41, 5.74) is 0. The van der Waals surface area contributed by atoms with E-state index in [1.807, 2.05) is 0 Å². The summed E-state index contributed by atoms with van der Waals surface area (Å²) >= 11 is 0. The van der Waals surface area contributed by atoms with Crippen LogP contribution in [0.3, 0.4) is 0 Å². The number of aliphatic hydroxyl groups is 1. The Labute approximate surface area is 537 Å². The lowest BCUT2D eigenvalue weighted by Crippen LogP contribution is -2.30. The lowest BCUT2D eigenvalue weighted by Gasteiger charge is -2.21. The minimum atomic E-state index is -4.95. The highest BCUT2D eigenvalue weighted by molar-refractivity contribution is 7.47. The molecular formula is C69H134O17P2. The summed E-state index contributed by atoms with van der Waals surface area (Å²) in [6.45, 7) is 9.54. The molecule has 0 aliphatic rings. The second-order valence-electron chi connectivity index (χ2n) is 25.6. The smallest absolute Gasteiger partial charge is 0.462 e. The molecule has 0 saturated heterocycles. The highest BCUT2D eigenvalue weighted by atomic mass is 31.2. The van der Waals surface area contributed by atoms with E-state index in [4.69, 9.17) is 37.0 Å². The Morgan fingerprint density at radius 3 is 0.864 bits per heavy atom. The molecule has 0 radical (unpaired) electrons. The van der Waals surface area contributed by atoms with Gasteiger partial charge in [-0.3, -0.25) is 37.3 Å². The van der Waals surface area contributed by atoms with Crippen molar-refractivity contribution in [2.75, 3.05) is 39.6 Å². The number of carbonyl (C=O) groups excluding carboxylic acids is 4. The molecule has 0 amide bonds. The van der Waals surface area contributed by atoms with E-state index < -0.39 is 97.5 Å². The first-order chi connectivity index (χ1) is 42.4. The van der Waals surface area contributed by atoms with E-state index in [9.17, 15) is 43.2 Å². The van der Waals surface area contributed by atoms with Gasteiger partial charge < -0.3 is 33.8 Å². The van der Waals surface area contributed by atoms with Gasteiger partial charge in [-0.1, -0.05) is 298 Å². The van der Waals surface area contributed by atoms with Gasteiger partial charge in [0.15, 0.2) is 12.2 Å². The molecule has 3 unspecified atom stereocenters. The van der Waals surface area contributed by atoms with Crippen molar-refractivity contribution >= 4 is 39.5 Å². The van der Waals surface area contributed by atoms with Crippen molar-refractivity contribution < 1.29 is 80.2 Å². The summed E-state index contributed by atoms with van der Waals surface area (Å²) in [6, 6.07) is 0. The van der Waals surface area contributed by atoms with Crippen molar-refractivity contribution in [1.29, 1.82) is 0 Å². The Kier molecular flexibility index (Phi) is 59.9. The Morgan fingerprint density at radius 2 is 0.580 bits per heavy atom. The molecule has 0 saturated carbocycles. The summed E-state index contributed by atoms with van der Waals surface area (Å²) in [5.74, 6) is -0.582. The molecule has 0 aromatic rings. The Morgan fingerprint density at radius 1 is 0.330 bits per heavy atom. The first-order valence-electron chi connectivity index (χ1n) is 36.0. The lowest BCUT2D eigenvalue weighted by molar-refractivity contribution is -0.161. The molecule has 0 aromatic carbocycles.